The molecular weight excluding hydrogens is 424 g/mol. The van der Waals surface area contributed by atoms with Crippen molar-refractivity contribution in [3.63, 3.8) is 0 Å². The first-order valence-corrected chi connectivity index (χ1v) is 10.8. The van der Waals surface area contributed by atoms with Crippen molar-refractivity contribution in [3.8, 4) is 10.6 Å². The van der Waals surface area contributed by atoms with Gasteiger partial charge in [-0.3, -0.25) is 14.4 Å². The van der Waals surface area contributed by atoms with Gasteiger partial charge in [-0.1, -0.05) is 36.4 Å². The van der Waals surface area contributed by atoms with Crippen LogP contribution in [-0.2, 0) is 11.3 Å². The van der Waals surface area contributed by atoms with Gasteiger partial charge in [-0.15, -0.1) is 11.3 Å². The summed E-state index contributed by atoms with van der Waals surface area (Å²) in [6.45, 7) is 0.570. The maximum Gasteiger partial charge on any atom is 0.413 e. The van der Waals surface area contributed by atoms with E-state index in [1.165, 1.54) is 23.3 Å². The Bertz CT molecular complexity index is 1200. The zero-order chi connectivity index (χ0) is 22.5. The molecule has 0 bridgehead atoms. The minimum absolute atomic E-state index is 0.248. The lowest BCUT2D eigenvalue weighted by atomic mass is 10.2. The molecule has 2 aromatic heterocycles. The van der Waals surface area contributed by atoms with Crippen molar-refractivity contribution in [2.45, 2.75) is 6.54 Å². The molecule has 4 rings (SSSR count). The van der Waals surface area contributed by atoms with Crippen LogP contribution in [0.2, 0.25) is 0 Å². The normalized spacial score (nSPS) is 10.6. The Hall–Kier alpha value is -3.91. The van der Waals surface area contributed by atoms with Gasteiger partial charge in [0.25, 0.3) is 5.91 Å². The highest BCUT2D eigenvalue weighted by Gasteiger charge is 2.19. The molecular formula is C24H22N4O3S. The van der Waals surface area contributed by atoms with Gasteiger partial charge in [-0.2, -0.15) is 5.10 Å². The Morgan fingerprint density at radius 1 is 1.06 bits per heavy atom. The third kappa shape index (κ3) is 4.70. The van der Waals surface area contributed by atoms with Crippen LogP contribution >= 0.6 is 11.3 Å². The average Bonchev–Trinajstić information content (AvgIpc) is 3.49. The number of carbonyl (C=O) groups is 2. The van der Waals surface area contributed by atoms with Crippen LogP contribution in [0.4, 0.5) is 16.2 Å². The maximum atomic E-state index is 13.1. The van der Waals surface area contributed by atoms with Crippen LogP contribution in [0, 0.1) is 0 Å². The number of thiophene rings is 1. The summed E-state index contributed by atoms with van der Waals surface area (Å²) in [4.78, 5) is 27.1. The van der Waals surface area contributed by atoms with E-state index in [9.17, 15) is 9.59 Å². The van der Waals surface area contributed by atoms with Gasteiger partial charge in [-0.05, 0) is 41.3 Å². The first kappa shape index (κ1) is 21.3. The minimum atomic E-state index is -0.465. The number of nitrogens with zero attached hydrogens (tertiary/aromatic N) is 3. The van der Waals surface area contributed by atoms with Crippen molar-refractivity contribution in [3.05, 3.63) is 89.4 Å². The number of hydrogen-bond acceptors (Lipinski definition) is 5. The maximum absolute atomic E-state index is 13.1. The van der Waals surface area contributed by atoms with Gasteiger partial charge in [0.2, 0.25) is 0 Å². The lowest BCUT2D eigenvalue weighted by Gasteiger charge is -2.15. The summed E-state index contributed by atoms with van der Waals surface area (Å²) in [6.07, 6.45) is 1.31. The zero-order valence-corrected chi connectivity index (χ0v) is 18.5. The lowest BCUT2D eigenvalue weighted by molar-refractivity contribution is 0.102. The van der Waals surface area contributed by atoms with Gasteiger partial charge in [0.1, 0.15) is 5.69 Å². The monoisotopic (exact) mass is 446 g/mol. The third-order valence-electron chi connectivity index (χ3n) is 4.91. The molecule has 0 aliphatic carbocycles. The van der Waals surface area contributed by atoms with E-state index in [1.54, 1.807) is 42.2 Å². The van der Waals surface area contributed by atoms with Gasteiger partial charge in [0.05, 0.1) is 24.1 Å². The van der Waals surface area contributed by atoms with Gasteiger partial charge >= 0.3 is 6.09 Å². The fourth-order valence-electron chi connectivity index (χ4n) is 3.24. The van der Waals surface area contributed by atoms with Crippen LogP contribution in [0.15, 0.2) is 78.3 Å². The molecule has 0 saturated carbocycles. The van der Waals surface area contributed by atoms with Crippen LogP contribution in [-0.4, -0.2) is 35.9 Å². The van der Waals surface area contributed by atoms with E-state index in [4.69, 9.17) is 4.74 Å². The summed E-state index contributed by atoms with van der Waals surface area (Å²) in [5.41, 5.74) is 3.52. The summed E-state index contributed by atoms with van der Waals surface area (Å²) in [5, 5.41) is 9.57. The van der Waals surface area contributed by atoms with E-state index in [2.05, 4.69) is 10.4 Å². The second-order valence-electron chi connectivity index (χ2n) is 7.08. The van der Waals surface area contributed by atoms with Crippen molar-refractivity contribution in [2.75, 3.05) is 24.4 Å². The molecule has 32 heavy (non-hydrogen) atoms. The number of ether oxygens (including phenoxy) is 1. The molecule has 0 unspecified atom stereocenters. The second kappa shape index (κ2) is 9.49. The Morgan fingerprint density at radius 2 is 1.81 bits per heavy atom. The minimum Gasteiger partial charge on any atom is -0.452 e. The van der Waals surface area contributed by atoms with E-state index in [-0.39, 0.29) is 5.91 Å². The average molecular weight is 447 g/mol. The van der Waals surface area contributed by atoms with Gasteiger partial charge in [0.15, 0.2) is 0 Å². The predicted molar refractivity (Wildman–Crippen MR) is 126 cm³/mol. The molecule has 2 aromatic carbocycles. The predicted octanol–water partition coefficient (Wildman–Crippen LogP) is 5.11. The van der Waals surface area contributed by atoms with Crippen molar-refractivity contribution in [1.82, 2.24) is 9.78 Å². The summed E-state index contributed by atoms with van der Waals surface area (Å²) >= 11 is 1.54. The molecule has 0 spiro atoms. The van der Waals surface area contributed by atoms with E-state index in [1.807, 2.05) is 47.8 Å². The molecule has 0 aliphatic heterocycles. The summed E-state index contributed by atoms with van der Waals surface area (Å²) < 4.78 is 6.51. The Balaban J connectivity index is 1.56. The number of hydrogen-bond donors (Lipinski definition) is 1. The number of aromatic nitrogens is 2. The first-order chi connectivity index (χ1) is 15.5. The number of nitrogens with one attached hydrogen (secondary N) is 1. The molecule has 7 nitrogen and oxygen atoms in total. The quantitative estimate of drug-likeness (QED) is 0.446. The van der Waals surface area contributed by atoms with Crippen LogP contribution in [0.3, 0.4) is 0 Å². The highest BCUT2D eigenvalue weighted by atomic mass is 32.1. The van der Waals surface area contributed by atoms with E-state index >= 15 is 0 Å². The molecule has 2 heterocycles. The molecule has 0 fully saturated rings. The van der Waals surface area contributed by atoms with Crippen molar-refractivity contribution >= 4 is 34.7 Å². The van der Waals surface area contributed by atoms with Crippen LogP contribution in [0.5, 0.6) is 0 Å². The molecule has 162 valence electrons. The first-order valence-electron chi connectivity index (χ1n) is 9.93. The van der Waals surface area contributed by atoms with E-state index in [0.29, 0.717) is 29.2 Å². The van der Waals surface area contributed by atoms with Crippen LogP contribution in [0.25, 0.3) is 10.6 Å². The van der Waals surface area contributed by atoms with Gasteiger partial charge < -0.3 is 10.1 Å². The van der Waals surface area contributed by atoms with E-state index in [0.717, 1.165) is 10.4 Å². The number of rotatable bonds is 6. The molecule has 0 radical (unpaired) electrons. The number of amides is 2. The van der Waals surface area contributed by atoms with Crippen LogP contribution in [0.1, 0.15) is 15.9 Å². The Morgan fingerprint density at radius 3 is 2.47 bits per heavy atom. The van der Waals surface area contributed by atoms with Crippen molar-refractivity contribution in [1.29, 1.82) is 0 Å². The molecule has 0 saturated heterocycles. The molecule has 0 aliphatic rings. The topological polar surface area (TPSA) is 76.5 Å². The largest absolute Gasteiger partial charge is 0.452 e. The highest BCUT2D eigenvalue weighted by molar-refractivity contribution is 7.13. The Labute approximate surface area is 189 Å². The molecule has 1 N–H and O–H groups in total. The van der Waals surface area contributed by atoms with E-state index < -0.39 is 6.09 Å². The lowest BCUT2D eigenvalue weighted by Crippen LogP contribution is -2.25. The third-order valence-corrected chi connectivity index (χ3v) is 5.79. The zero-order valence-electron chi connectivity index (χ0n) is 17.7. The smallest absolute Gasteiger partial charge is 0.413 e. The SMILES string of the molecule is COC(=O)N(C)c1ccc(NC(=O)c2cn(Cc3ccccc3)nc2-c2cccs2)cc1. The molecule has 0 atom stereocenters. The fourth-order valence-corrected chi connectivity index (χ4v) is 3.97. The molecule has 4 aromatic rings. The van der Waals surface area contributed by atoms with Gasteiger partial charge in [0, 0.05) is 24.6 Å². The highest BCUT2D eigenvalue weighted by Crippen LogP contribution is 2.28. The molecule has 8 heteroatoms. The summed E-state index contributed by atoms with van der Waals surface area (Å²) in [7, 11) is 2.95. The second-order valence-corrected chi connectivity index (χ2v) is 8.03. The summed E-state index contributed by atoms with van der Waals surface area (Å²) in [6, 6.07) is 20.8. The van der Waals surface area contributed by atoms with Crippen molar-refractivity contribution < 1.29 is 14.3 Å². The Kier molecular flexibility index (Phi) is 6.32. The number of anilines is 2. The number of carbonyl (C=O) groups excluding carboxylic acids is 2. The standard InChI is InChI=1S/C24H22N4O3S/c1-27(24(30)31-2)19-12-10-18(11-13-19)25-23(29)20-16-28(15-17-7-4-3-5-8-17)26-22(20)21-9-6-14-32-21/h3-14,16H,15H2,1-2H3,(H,25,29). The number of benzene rings is 2. The fraction of sp³-hybridized carbons (Fsp3) is 0.125. The van der Waals surface area contributed by atoms with Gasteiger partial charge in [-0.25, -0.2) is 4.79 Å². The van der Waals surface area contributed by atoms with Crippen molar-refractivity contribution in [2.24, 2.45) is 0 Å². The van der Waals surface area contributed by atoms with Crippen LogP contribution < -0.4 is 10.2 Å². The number of methoxy groups -OCH3 is 1. The molecule has 2 amide bonds. The summed E-state index contributed by atoms with van der Waals surface area (Å²) in [5.74, 6) is -0.248.